The molecule has 3 nitrogen and oxygen atoms in total. The molecule has 0 radical (unpaired) electrons. The summed E-state index contributed by atoms with van der Waals surface area (Å²) in [4.78, 5) is 11.5. The lowest BCUT2D eigenvalue weighted by molar-refractivity contribution is -0.128. The molecular weight excluding hydrogens is 226 g/mol. The van der Waals surface area contributed by atoms with Crippen LogP contribution in [0.2, 0.25) is 0 Å². The van der Waals surface area contributed by atoms with Gasteiger partial charge < -0.3 is 9.30 Å². The Balaban J connectivity index is 2.12. The smallest absolute Gasteiger partial charge is 0.151 e. The van der Waals surface area contributed by atoms with Crippen LogP contribution >= 0.6 is 0 Å². The van der Waals surface area contributed by atoms with Crippen molar-refractivity contribution in [1.82, 2.24) is 4.57 Å². The van der Waals surface area contributed by atoms with Gasteiger partial charge in [0, 0.05) is 12.8 Å². The number of carbonyl (C=O) groups is 1. The molecule has 1 aromatic carbocycles. The fraction of sp³-hybridized carbons (Fsp3) is 0.400. The van der Waals surface area contributed by atoms with E-state index >= 15 is 0 Å². The second-order valence-corrected chi connectivity index (χ2v) is 5.02. The third-order valence-electron chi connectivity index (χ3n) is 3.65. The molecule has 1 fully saturated rings. The van der Waals surface area contributed by atoms with E-state index in [1.807, 2.05) is 18.3 Å². The van der Waals surface area contributed by atoms with Crippen LogP contribution in [0.25, 0.3) is 10.9 Å². The molecule has 2 aromatic rings. The topological polar surface area (TPSA) is 31.2 Å². The van der Waals surface area contributed by atoms with Crippen molar-refractivity contribution < 1.29 is 9.53 Å². The molecule has 0 N–H and O–H groups in total. The third-order valence-corrected chi connectivity index (χ3v) is 3.65. The van der Waals surface area contributed by atoms with Gasteiger partial charge in [0.25, 0.3) is 0 Å². The Morgan fingerprint density at radius 3 is 2.94 bits per heavy atom. The predicted molar refractivity (Wildman–Crippen MR) is 70.4 cm³/mol. The highest BCUT2D eigenvalue weighted by Crippen LogP contribution is 2.37. The van der Waals surface area contributed by atoms with Gasteiger partial charge in [0.15, 0.2) is 5.72 Å². The normalized spacial score (nSPS) is 23.6. The molecule has 1 aliphatic rings. The first kappa shape index (κ1) is 11.5. The summed E-state index contributed by atoms with van der Waals surface area (Å²) in [5, 5.41) is 1.19. The van der Waals surface area contributed by atoms with Crippen LogP contribution in [0.5, 0.6) is 0 Å². The van der Waals surface area contributed by atoms with Crippen LogP contribution in [0.4, 0.5) is 0 Å². The summed E-state index contributed by atoms with van der Waals surface area (Å²) in [5.74, 6) is 0.176. The molecule has 0 spiro atoms. The van der Waals surface area contributed by atoms with Crippen LogP contribution in [0.1, 0.15) is 26.2 Å². The minimum Gasteiger partial charge on any atom is -0.355 e. The molecule has 2 heterocycles. The van der Waals surface area contributed by atoms with E-state index in [1.54, 1.807) is 6.92 Å². The number of para-hydroxylation sites is 1. The number of aromatic nitrogens is 1. The first-order valence-electron chi connectivity index (χ1n) is 6.41. The van der Waals surface area contributed by atoms with Gasteiger partial charge in [-0.1, -0.05) is 18.2 Å². The molecule has 18 heavy (non-hydrogen) atoms. The van der Waals surface area contributed by atoms with Gasteiger partial charge in [0.2, 0.25) is 0 Å². The molecule has 3 rings (SSSR count). The van der Waals surface area contributed by atoms with Gasteiger partial charge >= 0.3 is 0 Å². The summed E-state index contributed by atoms with van der Waals surface area (Å²) in [6.45, 7) is 2.37. The fourth-order valence-electron chi connectivity index (χ4n) is 2.92. The van der Waals surface area contributed by atoms with Crippen molar-refractivity contribution in [2.24, 2.45) is 0 Å². The lowest BCUT2D eigenvalue weighted by Crippen LogP contribution is -2.34. The number of hydrogen-bond donors (Lipinski definition) is 0. The maximum absolute atomic E-state index is 11.5. The number of Topliss-reactive ketones (excluding diaryl/α,β-unsaturated/α-hetero) is 1. The molecule has 0 aliphatic carbocycles. The van der Waals surface area contributed by atoms with Crippen molar-refractivity contribution in [3.63, 3.8) is 0 Å². The number of rotatable bonds is 3. The van der Waals surface area contributed by atoms with Gasteiger partial charge in [-0.25, -0.2) is 0 Å². The highest BCUT2D eigenvalue weighted by atomic mass is 16.5. The second-order valence-electron chi connectivity index (χ2n) is 5.02. The molecule has 3 heteroatoms. The Kier molecular flexibility index (Phi) is 2.71. The van der Waals surface area contributed by atoms with E-state index in [1.165, 1.54) is 5.39 Å². The number of benzene rings is 1. The quantitative estimate of drug-likeness (QED) is 0.829. The number of carbonyl (C=O) groups excluding carboxylic acids is 1. The highest BCUT2D eigenvalue weighted by Gasteiger charge is 2.38. The Hall–Kier alpha value is -1.61. The first-order valence-corrected chi connectivity index (χ1v) is 6.41. The summed E-state index contributed by atoms with van der Waals surface area (Å²) < 4.78 is 8.08. The predicted octanol–water partition coefficient (Wildman–Crippen LogP) is 3.08. The minimum atomic E-state index is -0.463. The Bertz CT molecular complexity index is 579. The molecule has 1 aromatic heterocycles. The average Bonchev–Trinajstić information content (AvgIpc) is 2.94. The van der Waals surface area contributed by atoms with E-state index in [0.29, 0.717) is 6.42 Å². The Morgan fingerprint density at radius 1 is 1.39 bits per heavy atom. The molecule has 1 unspecified atom stereocenters. The largest absolute Gasteiger partial charge is 0.355 e. The summed E-state index contributed by atoms with van der Waals surface area (Å²) in [7, 11) is 0. The van der Waals surface area contributed by atoms with Crippen molar-refractivity contribution in [1.29, 1.82) is 0 Å². The molecule has 94 valence electrons. The lowest BCUT2D eigenvalue weighted by Gasteiger charge is -2.30. The van der Waals surface area contributed by atoms with Gasteiger partial charge in [-0.2, -0.15) is 0 Å². The van der Waals surface area contributed by atoms with E-state index < -0.39 is 5.72 Å². The molecular formula is C15H17NO2. The van der Waals surface area contributed by atoms with Crippen LogP contribution in [0, 0.1) is 0 Å². The molecule has 1 aliphatic heterocycles. The van der Waals surface area contributed by atoms with Crippen LogP contribution in [0.3, 0.4) is 0 Å². The molecule has 0 saturated carbocycles. The number of nitrogens with zero attached hydrogens (tertiary/aromatic N) is 1. The molecule has 1 saturated heterocycles. The molecule has 1 atom stereocenters. The highest BCUT2D eigenvalue weighted by molar-refractivity contribution is 5.81. The summed E-state index contributed by atoms with van der Waals surface area (Å²) >= 11 is 0. The summed E-state index contributed by atoms with van der Waals surface area (Å²) in [6, 6.07) is 10.3. The third kappa shape index (κ3) is 1.75. The van der Waals surface area contributed by atoms with Crippen LogP contribution in [-0.2, 0) is 15.3 Å². The lowest BCUT2D eigenvalue weighted by atomic mass is 10.0. The molecule has 0 amide bonds. The number of ketones is 1. The average molecular weight is 243 g/mol. The minimum absolute atomic E-state index is 0.176. The maximum Gasteiger partial charge on any atom is 0.151 e. The van der Waals surface area contributed by atoms with Crippen LogP contribution in [-0.4, -0.2) is 17.0 Å². The summed E-state index contributed by atoms with van der Waals surface area (Å²) in [5.41, 5.74) is 0.676. The first-order chi connectivity index (χ1) is 8.71. The van der Waals surface area contributed by atoms with Crippen molar-refractivity contribution in [2.75, 3.05) is 6.61 Å². The Morgan fingerprint density at radius 2 is 2.22 bits per heavy atom. The van der Waals surface area contributed by atoms with Gasteiger partial charge in [-0.05, 0) is 37.3 Å². The SMILES string of the molecule is CC(=O)CC1(n2ccc3ccccc32)CCCO1. The van der Waals surface area contributed by atoms with Gasteiger partial charge in [0.1, 0.15) is 5.78 Å². The van der Waals surface area contributed by atoms with E-state index in [4.69, 9.17) is 4.74 Å². The van der Waals surface area contributed by atoms with Gasteiger partial charge in [-0.15, -0.1) is 0 Å². The zero-order valence-electron chi connectivity index (χ0n) is 10.6. The second kappa shape index (κ2) is 4.25. The monoisotopic (exact) mass is 243 g/mol. The van der Waals surface area contributed by atoms with Gasteiger partial charge in [0.05, 0.1) is 11.9 Å². The Labute approximate surface area is 106 Å². The number of fused-ring (bicyclic) bond motifs is 1. The number of ether oxygens (including phenoxy) is 1. The van der Waals surface area contributed by atoms with Crippen molar-refractivity contribution in [3.05, 3.63) is 36.5 Å². The van der Waals surface area contributed by atoms with Crippen molar-refractivity contribution in [2.45, 2.75) is 31.9 Å². The van der Waals surface area contributed by atoms with E-state index in [-0.39, 0.29) is 5.78 Å². The fourth-order valence-corrected chi connectivity index (χ4v) is 2.92. The zero-order chi connectivity index (χ0) is 12.6. The van der Waals surface area contributed by atoms with E-state index in [2.05, 4.69) is 22.8 Å². The standard InChI is InChI=1S/C15H17NO2/c1-12(17)11-15(8-4-10-18-15)16-9-7-13-5-2-3-6-14(13)16/h2-3,5-7,9H,4,8,10-11H2,1H3. The zero-order valence-corrected chi connectivity index (χ0v) is 10.6. The van der Waals surface area contributed by atoms with Crippen LogP contribution < -0.4 is 0 Å². The maximum atomic E-state index is 11.5. The summed E-state index contributed by atoms with van der Waals surface area (Å²) in [6.07, 6.45) is 4.41. The number of hydrogen-bond acceptors (Lipinski definition) is 2. The van der Waals surface area contributed by atoms with Crippen LogP contribution in [0.15, 0.2) is 36.5 Å². The molecule has 0 bridgehead atoms. The van der Waals surface area contributed by atoms with Gasteiger partial charge in [-0.3, -0.25) is 4.79 Å². The van der Waals surface area contributed by atoms with Crippen molar-refractivity contribution >= 4 is 16.7 Å². The van der Waals surface area contributed by atoms with Crippen molar-refractivity contribution in [3.8, 4) is 0 Å². The van der Waals surface area contributed by atoms with E-state index in [0.717, 1.165) is 25.0 Å². The van der Waals surface area contributed by atoms with E-state index in [9.17, 15) is 4.79 Å².